The average Bonchev–Trinajstić information content (AvgIpc) is 2.65. The number of ether oxygens (including phenoxy) is 2. The molecule has 0 aliphatic carbocycles. The normalized spacial score (nSPS) is 11.6. The molecule has 0 saturated carbocycles. The number of carbonyl (C=O) groups excluding carboxylic acids is 3. The Morgan fingerprint density at radius 3 is 1.75 bits per heavy atom. The largest absolute Gasteiger partial charge is 0.442 e. The molecule has 0 saturated heterocycles. The van der Waals surface area contributed by atoms with Crippen molar-refractivity contribution in [1.82, 2.24) is 10.0 Å². The van der Waals surface area contributed by atoms with Crippen molar-refractivity contribution in [2.45, 2.75) is 105 Å². The molecule has 0 aromatic heterocycles. The molecule has 0 heterocycles. The summed E-state index contributed by atoms with van der Waals surface area (Å²) < 4.78 is 10.9. The second-order valence-corrected chi connectivity index (χ2v) is 9.87. The lowest BCUT2D eigenvalue weighted by atomic mass is 10.1. The standard InChI is InChI=1S/C25H40N2O5/c1-8-9-10-11-15-18-21(28)26(19-20-16-13-12-14-17-20)27(22(29)31-24(2,3)4)23(30)32-25(5,6)7/h12-14,16-17H,8-11,15,18-19H2,1-7H3. The number of hydrazine groups is 1. The third kappa shape index (κ3) is 10.6. The minimum absolute atomic E-state index is 0.0487. The SMILES string of the molecule is CCCCCCCC(=O)N(Cc1ccccc1)N(C(=O)OC(C)(C)C)C(=O)OC(C)(C)C. The Labute approximate surface area is 193 Å². The molecular weight excluding hydrogens is 408 g/mol. The molecule has 0 aliphatic rings. The predicted octanol–water partition coefficient (Wildman–Crippen LogP) is 6.46. The van der Waals surface area contributed by atoms with Crippen molar-refractivity contribution < 1.29 is 23.9 Å². The Kier molecular flexibility index (Phi) is 10.7. The van der Waals surface area contributed by atoms with E-state index < -0.39 is 23.4 Å². The van der Waals surface area contributed by atoms with Gasteiger partial charge < -0.3 is 9.47 Å². The van der Waals surface area contributed by atoms with Crippen LogP contribution in [-0.4, -0.2) is 39.3 Å². The Morgan fingerprint density at radius 2 is 1.28 bits per heavy atom. The van der Waals surface area contributed by atoms with Gasteiger partial charge in [0.1, 0.15) is 11.2 Å². The highest BCUT2D eigenvalue weighted by Gasteiger charge is 2.38. The molecule has 0 radical (unpaired) electrons. The monoisotopic (exact) mass is 448 g/mol. The van der Waals surface area contributed by atoms with Gasteiger partial charge in [-0.15, -0.1) is 5.01 Å². The first-order chi connectivity index (χ1) is 14.8. The van der Waals surface area contributed by atoms with Crippen molar-refractivity contribution >= 4 is 18.1 Å². The van der Waals surface area contributed by atoms with E-state index in [2.05, 4.69) is 6.92 Å². The van der Waals surface area contributed by atoms with Crippen molar-refractivity contribution in [2.24, 2.45) is 0 Å². The van der Waals surface area contributed by atoms with Gasteiger partial charge in [0.2, 0.25) is 5.91 Å². The van der Waals surface area contributed by atoms with Crippen LogP contribution in [0.3, 0.4) is 0 Å². The molecular formula is C25H40N2O5. The third-order valence-corrected chi connectivity index (χ3v) is 4.33. The summed E-state index contributed by atoms with van der Waals surface area (Å²) in [5.74, 6) is -0.331. The molecule has 0 bridgehead atoms. The van der Waals surface area contributed by atoms with Crippen LogP contribution in [0.5, 0.6) is 0 Å². The van der Waals surface area contributed by atoms with Gasteiger partial charge in [0.05, 0.1) is 6.54 Å². The van der Waals surface area contributed by atoms with Crippen molar-refractivity contribution in [2.75, 3.05) is 0 Å². The van der Waals surface area contributed by atoms with Crippen LogP contribution in [0.15, 0.2) is 30.3 Å². The van der Waals surface area contributed by atoms with Gasteiger partial charge in [0, 0.05) is 6.42 Å². The summed E-state index contributed by atoms with van der Waals surface area (Å²) in [6, 6.07) is 9.22. The van der Waals surface area contributed by atoms with Crippen LogP contribution in [0, 0.1) is 0 Å². The lowest BCUT2D eigenvalue weighted by Gasteiger charge is -2.35. The number of carbonyl (C=O) groups is 3. The van der Waals surface area contributed by atoms with E-state index in [9.17, 15) is 14.4 Å². The van der Waals surface area contributed by atoms with E-state index in [0.29, 0.717) is 11.4 Å². The Hall–Kier alpha value is -2.57. The van der Waals surface area contributed by atoms with E-state index in [-0.39, 0.29) is 18.9 Å². The molecule has 0 spiro atoms. The Balaban J connectivity index is 3.22. The van der Waals surface area contributed by atoms with E-state index in [1.54, 1.807) is 41.5 Å². The first-order valence-electron chi connectivity index (χ1n) is 11.4. The van der Waals surface area contributed by atoms with Gasteiger partial charge >= 0.3 is 12.2 Å². The molecule has 7 heteroatoms. The van der Waals surface area contributed by atoms with Gasteiger partial charge in [-0.1, -0.05) is 62.9 Å². The summed E-state index contributed by atoms with van der Waals surface area (Å²) in [6.07, 6.45) is 3.20. The summed E-state index contributed by atoms with van der Waals surface area (Å²) in [6.45, 7) is 12.4. The van der Waals surface area contributed by atoms with Crippen LogP contribution in [0.4, 0.5) is 9.59 Å². The molecule has 1 rings (SSSR count). The van der Waals surface area contributed by atoms with Crippen molar-refractivity contribution in [3.8, 4) is 0 Å². The van der Waals surface area contributed by atoms with E-state index in [1.807, 2.05) is 30.3 Å². The fourth-order valence-corrected chi connectivity index (χ4v) is 2.92. The maximum Gasteiger partial charge on any atom is 0.439 e. The summed E-state index contributed by atoms with van der Waals surface area (Å²) in [4.78, 5) is 39.3. The number of benzene rings is 1. The molecule has 0 N–H and O–H groups in total. The highest BCUT2D eigenvalue weighted by molar-refractivity contribution is 5.91. The highest BCUT2D eigenvalue weighted by atomic mass is 16.6. The minimum atomic E-state index is -0.943. The number of hydrogen-bond acceptors (Lipinski definition) is 5. The number of amides is 3. The van der Waals surface area contributed by atoms with Crippen LogP contribution in [-0.2, 0) is 20.8 Å². The smallest absolute Gasteiger partial charge is 0.439 e. The molecule has 32 heavy (non-hydrogen) atoms. The van der Waals surface area contributed by atoms with Crippen molar-refractivity contribution in [3.63, 3.8) is 0 Å². The molecule has 1 aromatic rings. The second-order valence-electron chi connectivity index (χ2n) is 9.87. The number of unbranched alkanes of at least 4 members (excludes halogenated alkanes) is 4. The van der Waals surface area contributed by atoms with Crippen LogP contribution in [0.25, 0.3) is 0 Å². The van der Waals surface area contributed by atoms with Crippen molar-refractivity contribution in [1.29, 1.82) is 0 Å². The summed E-state index contributed by atoms with van der Waals surface area (Å²) in [5.41, 5.74) is -0.915. The van der Waals surface area contributed by atoms with Gasteiger partial charge in [-0.3, -0.25) is 4.79 Å². The van der Waals surface area contributed by atoms with Gasteiger partial charge in [-0.05, 0) is 53.5 Å². The minimum Gasteiger partial charge on any atom is -0.442 e. The molecule has 0 atom stereocenters. The molecule has 180 valence electrons. The van der Waals surface area contributed by atoms with E-state index in [1.165, 1.54) is 0 Å². The molecule has 0 aliphatic heterocycles. The Bertz CT molecular complexity index is 707. The van der Waals surface area contributed by atoms with Crippen molar-refractivity contribution in [3.05, 3.63) is 35.9 Å². The number of nitrogens with zero attached hydrogens (tertiary/aromatic N) is 2. The summed E-state index contributed by atoms with van der Waals surface area (Å²) in [7, 11) is 0. The highest BCUT2D eigenvalue weighted by Crippen LogP contribution is 2.20. The van der Waals surface area contributed by atoms with Gasteiger partial charge in [0.25, 0.3) is 0 Å². The summed E-state index contributed by atoms with van der Waals surface area (Å²) >= 11 is 0. The maximum absolute atomic E-state index is 13.2. The maximum atomic E-state index is 13.2. The zero-order valence-corrected chi connectivity index (χ0v) is 20.8. The van der Waals surface area contributed by atoms with E-state index in [0.717, 1.165) is 36.3 Å². The van der Waals surface area contributed by atoms with Crippen LogP contribution < -0.4 is 0 Å². The molecule has 1 aromatic carbocycles. The van der Waals surface area contributed by atoms with Crippen LogP contribution in [0.2, 0.25) is 0 Å². The first-order valence-corrected chi connectivity index (χ1v) is 11.4. The van der Waals surface area contributed by atoms with E-state index >= 15 is 0 Å². The predicted molar refractivity (Wildman–Crippen MR) is 125 cm³/mol. The van der Waals surface area contributed by atoms with Gasteiger partial charge in [0.15, 0.2) is 0 Å². The van der Waals surface area contributed by atoms with Gasteiger partial charge in [-0.25, -0.2) is 14.6 Å². The van der Waals surface area contributed by atoms with E-state index in [4.69, 9.17) is 9.47 Å². The molecule has 3 amide bonds. The molecule has 0 unspecified atom stereocenters. The zero-order valence-electron chi connectivity index (χ0n) is 20.8. The average molecular weight is 449 g/mol. The van der Waals surface area contributed by atoms with Crippen LogP contribution in [0.1, 0.15) is 92.6 Å². The molecule has 7 nitrogen and oxygen atoms in total. The lowest BCUT2D eigenvalue weighted by molar-refractivity contribution is -0.148. The zero-order chi connectivity index (χ0) is 24.4. The van der Waals surface area contributed by atoms with Crippen LogP contribution >= 0.6 is 0 Å². The molecule has 0 fully saturated rings. The summed E-state index contributed by atoms with van der Waals surface area (Å²) in [5, 5.41) is 1.86. The quantitative estimate of drug-likeness (QED) is 0.337. The third-order valence-electron chi connectivity index (χ3n) is 4.33. The first kappa shape index (κ1) is 27.5. The fraction of sp³-hybridized carbons (Fsp3) is 0.640. The number of hydrogen-bond donors (Lipinski definition) is 0. The second kappa shape index (κ2) is 12.5. The number of rotatable bonds is 8. The topological polar surface area (TPSA) is 76.2 Å². The lowest BCUT2D eigenvalue weighted by Crippen LogP contribution is -2.55. The Morgan fingerprint density at radius 1 is 0.781 bits per heavy atom. The fourth-order valence-electron chi connectivity index (χ4n) is 2.92. The number of imide groups is 1. The van der Waals surface area contributed by atoms with Gasteiger partial charge in [-0.2, -0.15) is 0 Å².